The molecule has 1 aliphatic rings. The number of carbonyl (C=O) groups is 2. The molecule has 3 N–H and O–H groups in total. The average Bonchev–Trinajstić information content (AvgIpc) is 3.14. The van der Waals surface area contributed by atoms with Crippen molar-refractivity contribution in [3.8, 4) is 0 Å². The number of alkyl halides is 3. The molecule has 0 fully saturated rings. The lowest BCUT2D eigenvalue weighted by Gasteiger charge is -2.20. The number of benzene rings is 2. The van der Waals surface area contributed by atoms with Crippen LogP contribution in [-0.4, -0.2) is 37.7 Å². The van der Waals surface area contributed by atoms with Gasteiger partial charge < -0.3 is 16.0 Å². The highest BCUT2D eigenvalue weighted by Crippen LogP contribution is 2.37. The number of hydrogen-bond donors (Lipinski definition) is 2. The number of carbonyl (C=O) groups excluding carboxylic acids is 2. The van der Waals surface area contributed by atoms with E-state index in [0.717, 1.165) is 29.3 Å². The number of nitrogens with two attached hydrogens (primary N) is 1. The van der Waals surface area contributed by atoms with Crippen molar-refractivity contribution >= 4 is 34.6 Å². The fourth-order valence-corrected chi connectivity index (χ4v) is 3.05. The van der Waals surface area contributed by atoms with Gasteiger partial charge >= 0.3 is 6.18 Å². The molecule has 0 aromatic heterocycles. The van der Waals surface area contributed by atoms with E-state index in [1.54, 1.807) is 14.1 Å². The molecule has 2 aromatic rings. The molecule has 0 radical (unpaired) electrons. The lowest BCUT2D eigenvalue weighted by Crippen LogP contribution is -2.39. The Kier molecular flexibility index (Phi) is 5.87. The maximum Gasteiger partial charge on any atom is 0.418 e. The number of halogens is 4. The Morgan fingerprint density at radius 3 is 2.35 bits per heavy atom. The molecule has 11 heteroatoms. The van der Waals surface area contributed by atoms with E-state index in [1.165, 1.54) is 23.1 Å². The van der Waals surface area contributed by atoms with E-state index in [-0.39, 0.29) is 12.1 Å². The zero-order chi connectivity index (χ0) is 22.9. The zero-order valence-corrected chi connectivity index (χ0v) is 16.6. The number of nitrogens with one attached hydrogen (secondary N) is 1. The van der Waals surface area contributed by atoms with Crippen LogP contribution in [0.2, 0.25) is 0 Å². The van der Waals surface area contributed by atoms with Gasteiger partial charge in [-0.05, 0) is 42.5 Å². The topological polar surface area (TPSA) is 91.0 Å². The van der Waals surface area contributed by atoms with E-state index in [0.29, 0.717) is 11.4 Å². The van der Waals surface area contributed by atoms with Crippen LogP contribution in [0.25, 0.3) is 0 Å². The molecule has 0 bridgehead atoms. The fourth-order valence-electron chi connectivity index (χ4n) is 3.05. The predicted molar refractivity (Wildman–Crippen MR) is 108 cm³/mol. The van der Waals surface area contributed by atoms with Gasteiger partial charge in [-0.2, -0.15) is 18.3 Å². The summed E-state index contributed by atoms with van der Waals surface area (Å²) in [6.45, 7) is 0. The van der Waals surface area contributed by atoms with Crippen LogP contribution in [0.4, 0.5) is 34.6 Å². The summed E-state index contributed by atoms with van der Waals surface area (Å²) in [4.78, 5) is 26.0. The lowest BCUT2D eigenvalue weighted by atomic mass is 10.1. The Morgan fingerprint density at radius 1 is 1.16 bits per heavy atom. The second-order valence-electron chi connectivity index (χ2n) is 7.07. The van der Waals surface area contributed by atoms with Gasteiger partial charge in [0.25, 0.3) is 5.91 Å². The van der Waals surface area contributed by atoms with Gasteiger partial charge in [0, 0.05) is 26.2 Å². The summed E-state index contributed by atoms with van der Waals surface area (Å²) in [5.41, 5.74) is 4.35. The van der Waals surface area contributed by atoms with Crippen LogP contribution in [0, 0.1) is 5.82 Å². The third-order valence-corrected chi connectivity index (χ3v) is 4.67. The van der Waals surface area contributed by atoms with E-state index in [1.807, 2.05) is 0 Å². The predicted octanol–water partition coefficient (Wildman–Crippen LogP) is 2.97. The zero-order valence-electron chi connectivity index (χ0n) is 16.6. The molecular formula is C20H19F4N5O2. The molecule has 0 saturated carbocycles. The molecule has 31 heavy (non-hydrogen) atoms. The maximum absolute atomic E-state index is 13.5. The van der Waals surface area contributed by atoms with Gasteiger partial charge in [-0.1, -0.05) is 0 Å². The number of rotatable bonds is 5. The number of nitrogens with zero attached hydrogens (tertiary/aromatic N) is 3. The van der Waals surface area contributed by atoms with E-state index < -0.39 is 41.1 Å². The van der Waals surface area contributed by atoms with Gasteiger partial charge in [-0.15, -0.1) is 0 Å². The minimum atomic E-state index is -4.71. The fraction of sp³-hybridized carbons (Fsp3) is 0.250. The van der Waals surface area contributed by atoms with Gasteiger partial charge in [-0.3, -0.25) is 14.6 Å². The van der Waals surface area contributed by atoms with Crippen molar-refractivity contribution in [3.05, 3.63) is 53.8 Å². The van der Waals surface area contributed by atoms with E-state index in [2.05, 4.69) is 10.4 Å². The summed E-state index contributed by atoms with van der Waals surface area (Å²) in [5.74, 6) is -2.21. The number of amides is 2. The van der Waals surface area contributed by atoms with Crippen LogP contribution in [-0.2, 0) is 15.8 Å². The third-order valence-electron chi connectivity index (χ3n) is 4.67. The van der Waals surface area contributed by atoms with Gasteiger partial charge in [-0.25, -0.2) is 4.39 Å². The molecule has 1 aliphatic heterocycles. The smallest absolute Gasteiger partial charge is 0.378 e. The summed E-state index contributed by atoms with van der Waals surface area (Å²) in [7, 11) is 3.18. The molecule has 0 spiro atoms. The van der Waals surface area contributed by atoms with Crippen LogP contribution >= 0.6 is 0 Å². The Hall–Kier alpha value is -3.63. The van der Waals surface area contributed by atoms with Gasteiger partial charge in [0.2, 0.25) is 5.91 Å². The van der Waals surface area contributed by atoms with Crippen LogP contribution in [0.15, 0.2) is 47.6 Å². The molecular weight excluding hydrogens is 418 g/mol. The number of anilines is 3. The van der Waals surface area contributed by atoms with Crippen molar-refractivity contribution in [3.63, 3.8) is 0 Å². The molecule has 1 atom stereocenters. The minimum absolute atomic E-state index is 0.182. The van der Waals surface area contributed by atoms with Crippen LogP contribution in [0.3, 0.4) is 0 Å². The normalized spacial score (nSPS) is 16.1. The van der Waals surface area contributed by atoms with Crippen LogP contribution in [0.1, 0.15) is 12.0 Å². The largest absolute Gasteiger partial charge is 0.418 e. The first-order chi connectivity index (χ1) is 14.5. The van der Waals surface area contributed by atoms with E-state index in [4.69, 9.17) is 5.73 Å². The Morgan fingerprint density at radius 2 is 1.81 bits per heavy atom. The SMILES string of the molecule is CN(C)c1ccc(NC(=O)C2=NN(c3ccc(F)cc3)C(C(N)=O)C2)c(C(F)(F)F)c1. The summed E-state index contributed by atoms with van der Waals surface area (Å²) >= 11 is 0. The first-order valence-electron chi connectivity index (χ1n) is 9.09. The first kappa shape index (κ1) is 22.1. The summed E-state index contributed by atoms with van der Waals surface area (Å²) in [6.07, 6.45) is -4.92. The van der Waals surface area contributed by atoms with Crippen molar-refractivity contribution < 1.29 is 27.2 Å². The monoisotopic (exact) mass is 437 g/mol. The van der Waals surface area contributed by atoms with Crippen molar-refractivity contribution in [1.82, 2.24) is 0 Å². The maximum atomic E-state index is 13.5. The summed E-state index contributed by atoms with van der Waals surface area (Å²) in [5, 5.41) is 7.42. The standard InChI is InChI=1S/C20H19F4N5O2/c1-28(2)13-7-8-15(14(9-13)20(22,23)24)26-19(31)16-10-17(18(25)30)29(27-16)12-5-3-11(21)4-6-12/h3-9,17H,10H2,1-2H3,(H2,25,30)(H,26,31). The molecule has 2 amide bonds. The Labute approximate surface area is 175 Å². The van der Waals surface area contributed by atoms with Crippen LogP contribution in [0.5, 0.6) is 0 Å². The molecule has 0 saturated heterocycles. The Bertz CT molecular complexity index is 1030. The number of hydrogen-bond acceptors (Lipinski definition) is 5. The highest BCUT2D eigenvalue weighted by atomic mass is 19.4. The summed E-state index contributed by atoms with van der Waals surface area (Å²) < 4.78 is 53.7. The van der Waals surface area contributed by atoms with Crippen molar-refractivity contribution in [2.45, 2.75) is 18.6 Å². The van der Waals surface area contributed by atoms with E-state index in [9.17, 15) is 27.2 Å². The van der Waals surface area contributed by atoms with Crippen molar-refractivity contribution in [1.29, 1.82) is 0 Å². The van der Waals surface area contributed by atoms with Crippen molar-refractivity contribution in [2.24, 2.45) is 10.8 Å². The van der Waals surface area contributed by atoms with Gasteiger partial charge in [0.15, 0.2) is 0 Å². The minimum Gasteiger partial charge on any atom is -0.378 e. The van der Waals surface area contributed by atoms with Gasteiger partial charge in [0.05, 0.1) is 16.9 Å². The molecule has 7 nitrogen and oxygen atoms in total. The van der Waals surface area contributed by atoms with Crippen molar-refractivity contribution in [2.75, 3.05) is 29.3 Å². The van der Waals surface area contributed by atoms with Gasteiger partial charge in [0.1, 0.15) is 17.6 Å². The van der Waals surface area contributed by atoms with Crippen LogP contribution < -0.4 is 21.0 Å². The third kappa shape index (κ3) is 4.76. The van der Waals surface area contributed by atoms with E-state index >= 15 is 0 Å². The second-order valence-corrected chi connectivity index (χ2v) is 7.07. The highest BCUT2D eigenvalue weighted by molar-refractivity contribution is 6.44. The molecule has 3 rings (SSSR count). The molecule has 0 aliphatic carbocycles. The Balaban J connectivity index is 1.90. The number of hydrazone groups is 1. The molecule has 1 heterocycles. The second kappa shape index (κ2) is 8.25. The lowest BCUT2D eigenvalue weighted by molar-refractivity contribution is -0.137. The molecule has 2 aromatic carbocycles. The highest BCUT2D eigenvalue weighted by Gasteiger charge is 2.37. The summed E-state index contributed by atoms with van der Waals surface area (Å²) in [6, 6.07) is 7.43. The number of primary amides is 1. The quantitative estimate of drug-likeness (QED) is 0.704. The average molecular weight is 437 g/mol. The molecule has 164 valence electrons. The molecule has 1 unspecified atom stereocenters. The first-order valence-corrected chi connectivity index (χ1v) is 9.09.